The van der Waals surface area contributed by atoms with Crippen LogP contribution in [0.5, 0.6) is 0 Å². The molecule has 2 heteroatoms. The zero-order valence-corrected chi connectivity index (χ0v) is 25.1. The van der Waals surface area contributed by atoms with E-state index in [9.17, 15) is 0 Å². The summed E-state index contributed by atoms with van der Waals surface area (Å²) in [4.78, 5) is 0. The largest absolute Gasteiger partial charge is 0.356 e. The summed E-state index contributed by atoms with van der Waals surface area (Å²) < 4.78 is 0. The molecule has 3 rings (SSSR count). The highest BCUT2D eigenvalue weighted by Crippen LogP contribution is 2.46. The average molecular weight is 491 g/mol. The zero-order valence-electron chi connectivity index (χ0n) is 25.1. The van der Waals surface area contributed by atoms with Gasteiger partial charge in [-0.3, -0.25) is 0 Å². The first kappa shape index (κ1) is 28.8. The molecule has 200 valence electrons. The third-order valence-electron chi connectivity index (χ3n) is 8.51. The number of hydrogen-bond donors (Lipinski definition) is 2. The Morgan fingerprint density at radius 1 is 0.889 bits per heavy atom. The van der Waals surface area contributed by atoms with E-state index < -0.39 is 0 Å². The van der Waals surface area contributed by atoms with Gasteiger partial charge in [-0.25, -0.2) is 0 Å². The van der Waals surface area contributed by atoms with Crippen LogP contribution in [0.25, 0.3) is 0 Å². The first-order chi connectivity index (χ1) is 16.7. The Labute approximate surface area is 223 Å². The molecule has 0 bridgehead atoms. The van der Waals surface area contributed by atoms with E-state index in [4.69, 9.17) is 0 Å². The molecular weight excluding hydrogens is 436 g/mol. The molecule has 5 atom stereocenters. The van der Waals surface area contributed by atoms with Gasteiger partial charge in [0.05, 0.1) is 0 Å². The van der Waals surface area contributed by atoms with Gasteiger partial charge >= 0.3 is 0 Å². The van der Waals surface area contributed by atoms with Gasteiger partial charge in [-0.1, -0.05) is 105 Å². The molecule has 36 heavy (non-hydrogen) atoms. The summed E-state index contributed by atoms with van der Waals surface area (Å²) in [5.41, 5.74) is 7.50. The predicted molar refractivity (Wildman–Crippen MR) is 158 cm³/mol. The molecule has 0 aromatic carbocycles. The second kappa shape index (κ2) is 11.3. The van der Waals surface area contributed by atoms with Gasteiger partial charge in [-0.2, -0.15) is 0 Å². The maximum Gasteiger partial charge on any atom is 0.0373 e. The Morgan fingerprint density at radius 2 is 1.53 bits per heavy atom. The molecule has 0 aromatic rings. The zero-order chi connectivity index (χ0) is 26.8. The van der Waals surface area contributed by atoms with Crippen LogP contribution in [-0.2, 0) is 0 Å². The fourth-order valence-electron chi connectivity index (χ4n) is 6.07. The van der Waals surface area contributed by atoms with Gasteiger partial charge in [0.15, 0.2) is 0 Å². The Morgan fingerprint density at radius 3 is 2.11 bits per heavy atom. The van der Waals surface area contributed by atoms with Crippen LogP contribution in [0.2, 0.25) is 0 Å². The predicted octanol–water partition coefficient (Wildman–Crippen LogP) is 8.87. The van der Waals surface area contributed by atoms with Crippen LogP contribution in [0.3, 0.4) is 0 Å². The smallest absolute Gasteiger partial charge is 0.0373 e. The second-order valence-corrected chi connectivity index (χ2v) is 14.0. The maximum absolute atomic E-state index is 3.94. The third-order valence-corrected chi connectivity index (χ3v) is 8.51. The van der Waals surface area contributed by atoms with Crippen molar-refractivity contribution in [3.63, 3.8) is 0 Å². The Hall–Kier alpha value is -1.80. The normalized spacial score (nSPS) is 28.2. The van der Waals surface area contributed by atoms with Crippen LogP contribution in [0.4, 0.5) is 0 Å². The van der Waals surface area contributed by atoms with E-state index in [-0.39, 0.29) is 10.8 Å². The highest BCUT2D eigenvalue weighted by molar-refractivity contribution is 5.40. The van der Waals surface area contributed by atoms with Crippen LogP contribution >= 0.6 is 0 Å². The van der Waals surface area contributed by atoms with Gasteiger partial charge in [0.1, 0.15) is 0 Å². The molecule has 2 nitrogen and oxygen atoms in total. The lowest BCUT2D eigenvalue weighted by Crippen LogP contribution is -2.39. The summed E-state index contributed by atoms with van der Waals surface area (Å²) in [6.45, 7) is 25.9. The van der Waals surface area contributed by atoms with Gasteiger partial charge in [-0.05, 0) is 84.0 Å². The Balaban J connectivity index is 1.74. The molecule has 0 amide bonds. The van der Waals surface area contributed by atoms with Gasteiger partial charge in [0, 0.05) is 23.5 Å². The van der Waals surface area contributed by atoms with E-state index in [0.717, 1.165) is 12.8 Å². The lowest BCUT2D eigenvalue weighted by molar-refractivity contribution is 0.139. The molecule has 0 aromatic heterocycles. The molecule has 0 saturated heterocycles. The third kappa shape index (κ3) is 6.94. The van der Waals surface area contributed by atoms with Crippen molar-refractivity contribution in [2.75, 3.05) is 0 Å². The molecule has 0 radical (unpaired) electrons. The van der Waals surface area contributed by atoms with Gasteiger partial charge in [-0.15, -0.1) is 0 Å². The molecular formula is C34H54N2. The lowest BCUT2D eigenvalue weighted by atomic mass is 9.62. The Bertz CT molecular complexity index is 968. The summed E-state index contributed by atoms with van der Waals surface area (Å²) in [5.74, 6) is 2.28. The second-order valence-electron chi connectivity index (χ2n) is 14.0. The summed E-state index contributed by atoms with van der Waals surface area (Å²) >= 11 is 0. The molecule has 0 aliphatic heterocycles. The lowest BCUT2D eigenvalue weighted by Gasteiger charge is -2.44. The van der Waals surface area contributed by atoms with Crippen molar-refractivity contribution in [1.82, 2.24) is 10.6 Å². The molecule has 5 unspecified atom stereocenters. The SMILES string of the molecule is CCC(C)C1=C(C(C)C)C=CC(NC2C=C(NC3=CC(C(C)(C)C)C(C(C)(C)C)C=C3C)C=CC2)C1. The van der Waals surface area contributed by atoms with E-state index in [0.29, 0.717) is 35.8 Å². The summed E-state index contributed by atoms with van der Waals surface area (Å²) in [6.07, 6.45) is 20.2. The van der Waals surface area contributed by atoms with E-state index in [1.807, 2.05) is 0 Å². The Kier molecular flexibility index (Phi) is 9.03. The van der Waals surface area contributed by atoms with Crippen LogP contribution in [0.1, 0.15) is 95.4 Å². The molecule has 0 spiro atoms. The topological polar surface area (TPSA) is 24.1 Å². The minimum atomic E-state index is 0.214. The quantitative estimate of drug-likeness (QED) is 0.372. The fourth-order valence-corrected chi connectivity index (χ4v) is 6.07. The first-order valence-corrected chi connectivity index (χ1v) is 14.4. The molecule has 3 aliphatic rings. The summed E-state index contributed by atoms with van der Waals surface area (Å²) in [6, 6.07) is 0.749. The van der Waals surface area contributed by atoms with Crippen LogP contribution in [0, 0.1) is 34.5 Å². The number of hydrogen-bond acceptors (Lipinski definition) is 2. The molecule has 0 saturated carbocycles. The van der Waals surface area contributed by atoms with E-state index in [1.165, 1.54) is 23.4 Å². The van der Waals surface area contributed by atoms with Crippen molar-refractivity contribution in [3.05, 3.63) is 70.6 Å². The van der Waals surface area contributed by atoms with Crippen LogP contribution < -0.4 is 10.6 Å². The van der Waals surface area contributed by atoms with Crippen molar-refractivity contribution in [2.24, 2.45) is 34.5 Å². The van der Waals surface area contributed by atoms with Crippen molar-refractivity contribution >= 4 is 0 Å². The summed E-state index contributed by atoms with van der Waals surface area (Å²) in [5, 5.41) is 7.75. The van der Waals surface area contributed by atoms with Crippen LogP contribution in [0.15, 0.2) is 70.6 Å². The number of nitrogens with one attached hydrogen (secondary N) is 2. The van der Waals surface area contributed by atoms with Crippen molar-refractivity contribution in [1.29, 1.82) is 0 Å². The molecule has 2 N–H and O–H groups in total. The van der Waals surface area contributed by atoms with E-state index >= 15 is 0 Å². The number of allylic oxidation sites excluding steroid dienone is 6. The van der Waals surface area contributed by atoms with Crippen molar-refractivity contribution in [2.45, 2.75) is 108 Å². The van der Waals surface area contributed by atoms with E-state index in [1.54, 1.807) is 11.1 Å². The first-order valence-electron chi connectivity index (χ1n) is 14.4. The monoisotopic (exact) mass is 490 g/mol. The standard InChI is InChI=1S/C34H54N2/c1-12-23(4)29-20-27(16-17-28(29)22(2)3)35-25-14-13-15-26(19-25)36-32-21-31(34(9,10)11)30(18-24(32)5)33(6,7)8/h13,15-19,21-23,25,27,30-31,35-36H,12,14,20H2,1-11H3. The van der Waals surface area contributed by atoms with Gasteiger partial charge < -0.3 is 10.6 Å². The van der Waals surface area contributed by atoms with Crippen molar-refractivity contribution < 1.29 is 0 Å². The maximum atomic E-state index is 3.94. The van der Waals surface area contributed by atoms with Crippen LogP contribution in [-0.4, -0.2) is 12.1 Å². The van der Waals surface area contributed by atoms with Crippen molar-refractivity contribution in [3.8, 4) is 0 Å². The minimum absolute atomic E-state index is 0.214. The van der Waals surface area contributed by atoms with E-state index in [2.05, 4.69) is 129 Å². The number of rotatable bonds is 7. The summed E-state index contributed by atoms with van der Waals surface area (Å²) in [7, 11) is 0. The molecule has 0 heterocycles. The molecule has 3 aliphatic carbocycles. The minimum Gasteiger partial charge on any atom is -0.356 e. The fraction of sp³-hybridized carbons (Fsp3) is 0.647. The highest BCUT2D eigenvalue weighted by Gasteiger charge is 2.38. The molecule has 0 fully saturated rings. The average Bonchev–Trinajstić information content (AvgIpc) is 2.78. The highest BCUT2D eigenvalue weighted by atomic mass is 15.0. The van der Waals surface area contributed by atoms with Gasteiger partial charge in [0.2, 0.25) is 0 Å². The van der Waals surface area contributed by atoms with Gasteiger partial charge in [0.25, 0.3) is 0 Å².